The number of hydrogen-bond donors (Lipinski definition) is 1. The number of aryl methyl sites for hydroxylation is 2. The van der Waals surface area contributed by atoms with Crippen LogP contribution >= 0.6 is 11.8 Å². The maximum Gasteiger partial charge on any atom is 0.234 e. The normalized spacial score (nSPS) is 10.6. The zero-order valence-corrected chi connectivity index (χ0v) is 18.0. The lowest BCUT2D eigenvalue weighted by Gasteiger charge is -2.12. The van der Waals surface area contributed by atoms with Crippen LogP contribution in [-0.2, 0) is 4.79 Å². The quantitative estimate of drug-likeness (QED) is 0.423. The second-order valence-electron chi connectivity index (χ2n) is 6.89. The first-order valence-corrected chi connectivity index (χ1v) is 10.7. The summed E-state index contributed by atoms with van der Waals surface area (Å²) in [6.07, 6.45) is 0. The van der Waals surface area contributed by atoms with Gasteiger partial charge in [0.1, 0.15) is 5.75 Å². The number of para-hydroxylation sites is 3. The van der Waals surface area contributed by atoms with Gasteiger partial charge >= 0.3 is 0 Å². The zero-order chi connectivity index (χ0) is 21.6. The lowest BCUT2D eigenvalue weighted by molar-refractivity contribution is -0.113. The number of ether oxygens (including phenoxy) is 1. The predicted molar refractivity (Wildman–Crippen MR) is 121 cm³/mol. The largest absolute Gasteiger partial charge is 0.455 e. The molecule has 1 aromatic heterocycles. The Morgan fingerprint density at radius 3 is 2.58 bits per heavy atom. The van der Waals surface area contributed by atoms with Gasteiger partial charge in [0, 0.05) is 0 Å². The van der Waals surface area contributed by atoms with Crippen LogP contribution in [-0.4, -0.2) is 31.9 Å². The number of nitrogens with one attached hydrogen (secondary N) is 1. The average Bonchev–Trinajstić information content (AvgIpc) is 3.25. The van der Waals surface area contributed by atoms with Crippen molar-refractivity contribution < 1.29 is 9.53 Å². The number of carbonyl (C=O) groups excluding carboxylic acids is 1. The van der Waals surface area contributed by atoms with E-state index in [2.05, 4.69) is 27.8 Å². The number of thioether (sulfide) groups is 1. The highest BCUT2D eigenvalue weighted by atomic mass is 32.2. The fraction of sp³-hybridized carbons (Fsp3) is 0.130. The molecular formula is C23H21N5O2S. The maximum atomic E-state index is 12.6. The molecule has 0 saturated heterocycles. The SMILES string of the molecule is Cc1ccc(-n2nnnc2SCC(=O)Nc2ccccc2Oc2ccccc2)cc1C. The van der Waals surface area contributed by atoms with Crippen molar-refractivity contribution in [3.63, 3.8) is 0 Å². The number of tetrazole rings is 1. The minimum atomic E-state index is -0.177. The summed E-state index contributed by atoms with van der Waals surface area (Å²) in [4.78, 5) is 12.6. The smallest absolute Gasteiger partial charge is 0.234 e. The van der Waals surface area contributed by atoms with Gasteiger partial charge in [-0.1, -0.05) is 48.2 Å². The molecule has 1 N–H and O–H groups in total. The first kappa shape index (κ1) is 20.6. The molecule has 8 heteroatoms. The van der Waals surface area contributed by atoms with Crippen LogP contribution in [0.15, 0.2) is 78.0 Å². The molecule has 4 rings (SSSR count). The van der Waals surface area contributed by atoms with Crippen molar-refractivity contribution >= 4 is 23.4 Å². The number of carbonyl (C=O) groups is 1. The second-order valence-corrected chi connectivity index (χ2v) is 7.83. The van der Waals surface area contributed by atoms with Gasteiger partial charge in [-0.15, -0.1) is 5.10 Å². The van der Waals surface area contributed by atoms with Gasteiger partial charge in [0.05, 0.1) is 17.1 Å². The van der Waals surface area contributed by atoms with Gasteiger partial charge in [-0.3, -0.25) is 4.79 Å². The summed E-state index contributed by atoms with van der Waals surface area (Å²) in [7, 11) is 0. The fourth-order valence-corrected chi connectivity index (χ4v) is 3.57. The number of rotatable bonds is 7. The van der Waals surface area contributed by atoms with Gasteiger partial charge in [0.2, 0.25) is 11.1 Å². The summed E-state index contributed by atoms with van der Waals surface area (Å²) < 4.78 is 7.54. The third kappa shape index (κ3) is 5.10. The van der Waals surface area contributed by atoms with E-state index in [9.17, 15) is 4.79 Å². The molecule has 4 aromatic rings. The fourth-order valence-electron chi connectivity index (χ4n) is 2.88. The molecule has 0 radical (unpaired) electrons. The molecule has 1 amide bonds. The highest BCUT2D eigenvalue weighted by Crippen LogP contribution is 2.29. The van der Waals surface area contributed by atoms with Crippen LogP contribution in [0.1, 0.15) is 11.1 Å². The van der Waals surface area contributed by atoms with Crippen LogP contribution in [0.25, 0.3) is 5.69 Å². The van der Waals surface area contributed by atoms with Crippen molar-refractivity contribution in [1.82, 2.24) is 20.2 Å². The lowest BCUT2D eigenvalue weighted by atomic mass is 10.1. The third-order valence-electron chi connectivity index (χ3n) is 4.64. The van der Waals surface area contributed by atoms with Crippen molar-refractivity contribution in [2.75, 3.05) is 11.1 Å². The molecule has 0 aliphatic heterocycles. The van der Waals surface area contributed by atoms with E-state index < -0.39 is 0 Å². The molecule has 7 nitrogen and oxygen atoms in total. The minimum Gasteiger partial charge on any atom is -0.455 e. The third-order valence-corrected chi connectivity index (χ3v) is 5.56. The topological polar surface area (TPSA) is 81.9 Å². The Bertz CT molecular complexity index is 1190. The lowest BCUT2D eigenvalue weighted by Crippen LogP contribution is -2.15. The molecular weight excluding hydrogens is 410 g/mol. The Morgan fingerprint density at radius 1 is 1.00 bits per heavy atom. The van der Waals surface area contributed by atoms with Crippen molar-refractivity contribution in [3.05, 3.63) is 83.9 Å². The second kappa shape index (κ2) is 9.44. The first-order valence-electron chi connectivity index (χ1n) is 9.71. The van der Waals surface area contributed by atoms with Crippen LogP contribution in [0.3, 0.4) is 0 Å². The van der Waals surface area contributed by atoms with Crippen molar-refractivity contribution in [2.45, 2.75) is 19.0 Å². The first-order chi connectivity index (χ1) is 15.1. The Morgan fingerprint density at radius 2 is 1.77 bits per heavy atom. The number of amides is 1. The van der Waals surface area contributed by atoms with Crippen LogP contribution in [0.2, 0.25) is 0 Å². The van der Waals surface area contributed by atoms with Gasteiger partial charge in [-0.05, 0) is 71.8 Å². The van der Waals surface area contributed by atoms with E-state index in [0.29, 0.717) is 22.3 Å². The average molecular weight is 432 g/mol. The van der Waals surface area contributed by atoms with Crippen molar-refractivity contribution in [2.24, 2.45) is 0 Å². The molecule has 3 aromatic carbocycles. The summed E-state index contributed by atoms with van der Waals surface area (Å²) in [5, 5.41) is 15.3. The van der Waals surface area contributed by atoms with Crippen LogP contribution < -0.4 is 10.1 Å². The Kier molecular flexibility index (Phi) is 6.28. The molecule has 0 fully saturated rings. The van der Waals surface area contributed by atoms with E-state index in [0.717, 1.165) is 11.3 Å². The summed E-state index contributed by atoms with van der Waals surface area (Å²) in [6, 6.07) is 22.8. The molecule has 0 unspecified atom stereocenters. The molecule has 31 heavy (non-hydrogen) atoms. The van der Waals surface area contributed by atoms with Crippen molar-refractivity contribution in [3.8, 4) is 17.2 Å². The summed E-state index contributed by atoms with van der Waals surface area (Å²) >= 11 is 1.27. The van der Waals surface area contributed by atoms with Gasteiger partial charge < -0.3 is 10.1 Å². The highest BCUT2D eigenvalue weighted by Gasteiger charge is 2.14. The van der Waals surface area contributed by atoms with Gasteiger partial charge in [0.15, 0.2) is 5.75 Å². The molecule has 0 atom stereocenters. The standard InChI is InChI=1S/C23H21N5O2S/c1-16-12-13-18(14-17(16)2)28-23(25-26-27-28)31-15-22(29)24-20-10-6-7-11-21(20)30-19-8-4-3-5-9-19/h3-14H,15H2,1-2H3,(H,24,29). The highest BCUT2D eigenvalue weighted by molar-refractivity contribution is 7.99. The predicted octanol–water partition coefficient (Wildman–Crippen LogP) is 4.80. The molecule has 0 spiro atoms. The number of anilines is 1. The molecule has 1 heterocycles. The number of aromatic nitrogens is 4. The Hall–Kier alpha value is -3.65. The number of benzene rings is 3. The molecule has 0 aliphatic carbocycles. The Labute approximate surface area is 184 Å². The van der Waals surface area contributed by atoms with Gasteiger partial charge in [-0.2, -0.15) is 4.68 Å². The summed E-state index contributed by atoms with van der Waals surface area (Å²) in [5.41, 5.74) is 3.81. The monoisotopic (exact) mass is 431 g/mol. The summed E-state index contributed by atoms with van der Waals surface area (Å²) in [5.74, 6) is 1.26. The molecule has 156 valence electrons. The van der Waals surface area contributed by atoms with Crippen LogP contribution in [0.4, 0.5) is 5.69 Å². The molecule has 0 aliphatic rings. The number of nitrogens with zero attached hydrogens (tertiary/aromatic N) is 4. The van der Waals surface area contributed by atoms with Crippen molar-refractivity contribution in [1.29, 1.82) is 0 Å². The van der Waals surface area contributed by atoms with E-state index in [1.54, 1.807) is 10.7 Å². The van der Waals surface area contributed by atoms with E-state index in [1.165, 1.54) is 17.3 Å². The van der Waals surface area contributed by atoms with E-state index in [4.69, 9.17) is 4.74 Å². The van der Waals surface area contributed by atoms with Gasteiger partial charge in [0.25, 0.3) is 0 Å². The van der Waals surface area contributed by atoms with E-state index in [-0.39, 0.29) is 11.7 Å². The minimum absolute atomic E-state index is 0.158. The molecule has 0 saturated carbocycles. The van der Waals surface area contributed by atoms with Crippen LogP contribution in [0.5, 0.6) is 11.5 Å². The number of hydrogen-bond acceptors (Lipinski definition) is 6. The van der Waals surface area contributed by atoms with E-state index in [1.807, 2.05) is 73.7 Å². The van der Waals surface area contributed by atoms with Crippen LogP contribution in [0, 0.1) is 13.8 Å². The zero-order valence-electron chi connectivity index (χ0n) is 17.1. The van der Waals surface area contributed by atoms with Gasteiger partial charge in [-0.25, -0.2) is 0 Å². The Balaban J connectivity index is 1.42. The summed E-state index contributed by atoms with van der Waals surface area (Å²) in [6.45, 7) is 4.09. The van der Waals surface area contributed by atoms with E-state index >= 15 is 0 Å². The molecule has 0 bridgehead atoms. The maximum absolute atomic E-state index is 12.6.